The van der Waals surface area contributed by atoms with Crippen molar-refractivity contribution in [3.05, 3.63) is 0 Å². The molecule has 1 amide bonds. The molecule has 3 atom stereocenters. The molecular formula is C16H32N2O2. The average Bonchev–Trinajstić information content (AvgIpc) is 2.63. The van der Waals surface area contributed by atoms with E-state index in [2.05, 4.69) is 17.1 Å². The molecule has 4 heteroatoms. The van der Waals surface area contributed by atoms with Gasteiger partial charge in [0.05, 0.1) is 12.1 Å². The molecule has 0 aliphatic carbocycles. The van der Waals surface area contributed by atoms with Gasteiger partial charge in [-0.25, -0.2) is 0 Å². The first-order chi connectivity index (χ1) is 9.56. The van der Waals surface area contributed by atoms with Crippen LogP contribution >= 0.6 is 0 Å². The first-order valence-corrected chi connectivity index (χ1v) is 8.27. The van der Waals surface area contributed by atoms with Crippen LogP contribution in [0.1, 0.15) is 65.7 Å². The minimum absolute atomic E-state index is 0.0892. The highest BCUT2D eigenvalue weighted by molar-refractivity contribution is 5.81. The molecule has 0 aromatic heterocycles. The molecule has 0 radical (unpaired) electrons. The molecule has 0 saturated carbocycles. The van der Waals surface area contributed by atoms with Crippen LogP contribution in [0.15, 0.2) is 0 Å². The maximum atomic E-state index is 12.2. The van der Waals surface area contributed by atoms with Crippen molar-refractivity contribution in [3.63, 3.8) is 0 Å². The number of carbonyl (C=O) groups is 1. The van der Waals surface area contributed by atoms with Gasteiger partial charge in [-0.1, -0.05) is 26.2 Å². The summed E-state index contributed by atoms with van der Waals surface area (Å²) in [6.07, 6.45) is 7.30. The van der Waals surface area contributed by atoms with Crippen molar-refractivity contribution >= 4 is 5.91 Å². The minimum atomic E-state index is -0.295. The largest absolute Gasteiger partial charge is 0.393 e. The molecule has 1 aliphatic heterocycles. The first kappa shape index (κ1) is 17.4. The van der Waals surface area contributed by atoms with Gasteiger partial charge in [-0.3, -0.25) is 9.69 Å². The molecule has 1 rings (SSSR count). The van der Waals surface area contributed by atoms with Crippen LogP contribution in [-0.4, -0.2) is 47.2 Å². The predicted molar refractivity (Wildman–Crippen MR) is 82.6 cm³/mol. The van der Waals surface area contributed by atoms with E-state index in [0.29, 0.717) is 6.04 Å². The summed E-state index contributed by atoms with van der Waals surface area (Å²) in [4.78, 5) is 14.6. The highest BCUT2D eigenvalue weighted by Crippen LogP contribution is 2.22. The SMILES string of the molecule is CCCCNC(=O)C(C)N1CCCCCC1CC(C)O. The molecule has 1 heterocycles. The van der Waals surface area contributed by atoms with Gasteiger partial charge in [-0.05, 0) is 46.1 Å². The smallest absolute Gasteiger partial charge is 0.237 e. The van der Waals surface area contributed by atoms with Gasteiger partial charge in [0.1, 0.15) is 0 Å². The van der Waals surface area contributed by atoms with E-state index < -0.39 is 0 Å². The Labute approximate surface area is 123 Å². The molecule has 0 aromatic rings. The van der Waals surface area contributed by atoms with E-state index in [-0.39, 0.29) is 18.1 Å². The van der Waals surface area contributed by atoms with Gasteiger partial charge < -0.3 is 10.4 Å². The summed E-state index contributed by atoms with van der Waals surface area (Å²) in [6, 6.07) is 0.248. The molecule has 2 N–H and O–H groups in total. The van der Waals surface area contributed by atoms with E-state index >= 15 is 0 Å². The number of carbonyl (C=O) groups excluding carboxylic acids is 1. The Morgan fingerprint density at radius 2 is 2.10 bits per heavy atom. The average molecular weight is 284 g/mol. The zero-order valence-corrected chi connectivity index (χ0v) is 13.4. The molecule has 0 spiro atoms. The zero-order valence-electron chi connectivity index (χ0n) is 13.4. The summed E-state index contributed by atoms with van der Waals surface area (Å²) < 4.78 is 0. The number of hydrogen-bond donors (Lipinski definition) is 2. The second-order valence-corrected chi connectivity index (χ2v) is 6.15. The molecule has 1 fully saturated rings. The van der Waals surface area contributed by atoms with Crippen LogP contribution in [0.25, 0.3) is 0 Å². The summed E-state index contributed by atoms with van der Waals surface area (Å²) in [7, 11) is 0. The van der Waals surface area contributed by atoms with Gasteiger partial charge in [-0.2, -0.15) is 0 Å². The maximum Gasteiger partial charge on any atom is 0.237 e. The van der Waals surface area contributed by atoms with Crippen molar-refractivity contribution < 1.29 is 9.90 Å². The van der Waals surface area contributed by atoms with Crippen molar-refractivity contribution in [1.29, 1.82) is 0 Å². The Morgan fingerprint density at radius 3 is 2.75 bits per heavy atom. The van der Waals surface area contributed by atoms with E-state index in [4.69, 9.17) is 0 Å². The zero-order chi connectivity index (χ0) is 15.0. The summed E-state index contributed by atoms with van der Waals surface area (Å²) in [5.74, 6) is 0.135. The first-order valence-electron chi connectivity index (χ1n) is 8.27. The topological polar surface area (TPSA) is 52.6 Å². The molecule has 118 valence electrons. The van der Waals surface area contributed by atoms with Crippen LogP contribution in [0, 0.1) is 0 Å². The van der Waals surface area contributed by atoms with Gasteiger partial charge in [0.25, 0.3) is 0 Å². The van der Waals surface area contributed by atoms with E-state index in [1.54, 1.807) is 0 Å². The third-order valence-electron chi connectivity index (χ3n) is 4.24. The third kappa shape index (κ3) is 5.80. The molecule has 1 aliphatic rings. The highest BCUT2D eigenvalue weighted by Gasteiger charge is 2.29. The quantitative estimate of drug-likeness (QED) is 0.705. The fourth-order valence-electron chi connectivity index (χ4n) is 3.04. The second kappa shape index (κ2) is 9.35. The fourth-order valence-corrected chi connectivity index (χ4v) is 3.04. The number of unbranched alkanes of at least 4 members (excludes halogenated alkanes) is 1. The lowest BCUT2D eigenvalue weighted by atomic mass is 10.0. The molecule has 4 nitrogen and oxygen atoms in total. The summed E-state index contributed by atoms with van der Waals surface area (Å²) in [5.41, 5.74) is 0. The lowest BCUT2D eigenvalue weighted by molar-refractivity contribution is -0.127. The number of rotatable bonds is 7. The minimum Gasteiger partial charge on any atom is -0.393 e. The van der Waals surface area contributed by atoms with Crippen molar-refractivity contribution in [2.75, 3.05) is 13.1 Å². The van der Waals surface area contributed by atoms with E-state index in [0.717, 1.165) is 45.2 Å². The maximum absolute atomic E-state index is 12.2. The molecule has 1 saturated heterocycles. The van der Waals surface area contributed by atoms with Crippen LogP contribution in [0.4, 0.5) is 0 Å². The monoisotopic (exact) mass is 284 g/mol. The molecular weight excluding hydrogens is 252 g/mol. The van der Waals surface area contributed by atoms with Crippen LogP contribution in [0.3, 0.4) is 0 Å². The van der Waals surface area contributed by atoms with Crippen LogP contribution in [-0.2, 0) is 4.79 Å². The number of nitrogens with one attached hydrogen (secondary N) is 1. The molecule has 0 aromatic carbocycles. The van der Waals surface area contributed by atoms with Crippen LogP contribution < -0.4 is 5.32 Å². The normalized spacial score (nSPS) is 23.9. The second-order valence-electron chi connectivity index (χ2n) is 6.15. The van der Waals surface area contributed by atoms with Gasteiger partial charge in [0.15, 0.2) is 0 Å². The highest BCUT2D eigenvalue weighted by atomic mass is 16.3. The Hall–Kier alpha value is -0.610. The molecule has 3 unspecified atom stereocenters. The summed E-state index contributed by atoms with van der Waals surface area (Å²) in [5, 5.41) is 12.7. The van der Waals surface area contributed by atoms with Crippen LogP contribution in [0.5, 0.6) is 0 Å². The number of hydrogen-bond acceptors (Lipinski definition) is 3. The number of likely N-dealkylation sites (tertiary alicyclic amines) is 1. The summed E-state index contributed by atoms with van der Waals surface area (Å²) >= 11 is 0. The Morgan fingerprint density at radius 1 is 1.35 bits per heavy atom. The van der Waals surface area contributed by atoms with Crippen molar-refractivity contribution in [3.8, 4) is 0 Å². The van der Waals surface area contributed by atoms with Crippen molar-refractivity contribution in [2.24, 2.45) is 0 Å². The Balaban J connectivity index is 2.59. The third-order valence-corrected chi connectivity index (χ3v) is 4.24. The number of nitrogens with zero attached hydrogens (tertiary/aromatic N) is 1. The molecule has 0 bridgehead atoms. The summed E-state index contributed by atoms with van der Waals surface area (Å²) in [6.45, 7) is 7.72. The van der Waals surface area contributed by atoms with Crippen LogP contribution in [0.2, 0.25) is 0 Å². The van der Waals surface area contributed by atoms with E-state index in [9.17, 15) is 9.90 Å². The van der Waals surface area contributed by atoms with Crippen molar-refractivity contribution in [2.45, 2.75) is 83.9 Å². The lowest BCUT2D eigenvalue weighted by Crippen LogP contribution is -2.50. The molecule has 20 heavy (non-hydrogen) atoms. The van der Waals surface area contributed by atoms with E-state index in [1.165, 1.54) is 12.8 Å². The predicted octanol–water partition coefficient (Wildman–Crippen LogP) is 2.31. The lowest BCUT2D eigenvalue weighted by Gasteiger charge is -2.35. The fraction of sp³-hybridized carbons (Fsp3) is 0.938. The van der Waals surface area contributed by atoms with E-state index in [1.807, 2.05) is 13.8 Å². The standard InChI is InChI=1S/C16H32N2O2/c1-4-5-10-17-16(20)14(3)18-11-8-6-7-9-15(18)12-13(2)19/h13-15,19H,4-12H2,1-3H3,(H,17,20). The Kier molecular flexibility index (Phi) is 8.15. The van der Waals surface area contributed by atoms with Gasteiger partial charge in [0.2, 0.25) is 5.91 Å². The van der Waals surface area contributed by atoms with Gasteiger partial charge >= 0.3 is 0 Å². The van der Waals surface area contributed by atoms with Crippen molar-refractivity contribution in [1.82, 2.24) is 10.2 Å². The van der Waals surface area contributed by atoms with Gasteiger partial charge in [-0.15, -0.1) is 0 Å². The number of amides is 1. The Bertz CT molecular complexity index is 282. The number of aliphatic hydroxyl groups excluding tert-OH is 1. The van der Waals surface area contributed by atoms with Gasteiger partial charge in [0, 0.05) is 12.6 Å². The number of aliphatic hydroxyl groups is 1.